The van der Waals surface area contributed by atoms with Crippen molar-refractivity contribution in [2.45, 2.75) is 12.8 Å². The van der Waals surface area contributed by atoms with E-state index in [-0.39, 0.29) is 5.78 Å². The number of unbranched alkanes of at least 4 members (excludes halogenated alkanes) is 1. The van der Waals surface area contributed by atoms with E-state index in [4.69, 9.17) is 33.4 Å². The van der Waals surface area contributed by atoms with E-state index in [2.05, 4.69) is 6.07 Å². The van der Waals surface area contributed by atoms with Gasteiger partial charge >= 0.3 is 0 Å². The Kier molecular flexibility index (Phi) is 10.6. The Morgan fingerprint density at radius 1 is 0.733 bits per heavy atom. The largest absolute Gasteiger partial charge is 0.494 e. The molecule has 0 saturated carbocycles. The Bertz CT molecular complexity index is 1720. The first kappa shape index (κ1) is 31.4. The molecule has 45 heavy (non-hydrogen) atoms. The van der Waals surface area contributed by atoms with Crippen LogP contribution in [-0.2, 0) is 0 Å². The van der Waals surface area contributed by atoms with Gasteiger partial charge in [0.1, 0.15) is 10.8 Å². The molecule has 0 N–H and O–H groups in total. The monoisotopic (exact) mass is 625 g/mol. The summed E-state index contributed by atoms with van der Waals surface area (Å²) >= 11 is 1.69. The molecule has 0 unspecified atom stereocenters. The molecular weight excluding hydrogens is 590 g/mol. The van der Waals surface area contributed by atoms with Gasteiger partial charge in [0.25, 0.3) is 0 Å². The number of methoxy groups -OCH3 is 4. The Hall–Kier alpha value is -5.02. The van der Waals surface area contributed by atoms with Crippen LogP contribution in [0.5, 0.6) is 34.5 Å². The number of thiazole rings is 1. The summed E-state index contributed by atoms with van der Waals surface area (Å²) in [7, 11) is 6.14. The summed E-state index contributed by atoms with van der Waals surface area (Å²) in [4.78, 5) is 17.7. The van der Waals surface area contributed by atoms with Crippen LogP contribution < -0.4 is 28.4 Å². The quantitative estimate of drug-likeness (QED) is 0.0655. The zero-order valence-corrected chi connectivity index (χ0v) is 26.5. The van der Waals surface area contributed by atoms with E-state index in [9.17, 15) is 4.79 Å². The maximum atomic E-state index is 12.9. The van der Waals surface area contributed by atoms with Crippen LogP contribution in [0.1, 0.15) is 28.8 Å². The molecule has 232 valence electrons. The molecule has 1 heterocycles. The molecule has 0 aliphatic carbocycles. The zero-order chi connectivity index (χ0) is 31.6. The Morgan fingerprint density at radius 2 is 1.42 bits per heavy atom. The number of fused-ring (bicyclic) bond motifs is 1. The highest BCUT2D eigenvalue weighted by Gasteiger charge is 2.16. The first-order valence-electron chi connectivity index (χ1n) is 14.4. The lowest BCUT2D eigenvalue weighted by Crippen LogP contribution is -2.03. The molecule has 0 bridgehead atoms. The average molecular weight is 626 g/mol. The van der Waals surface area contributed by atoms with E-state index in [0.717, 1.165) is 40.2 Å². The van der Waals surface area contributed by atoms with Crippen LogP contribution in [0.25, 0.3) is 26.9 Å². The van der Waals surface area contributed by atoms with Gasteiger partial charge in [-0.25, -0.2) is 4.98 Å². The molecule has 0 radical (unpaired) electrons. The molecule has 9 heteroatoms. The Morgan fingerprint density at radius 3 is 2.09 bits per heavy atom. The van der Waals surface area contributed by atoms with Gasteiger partial charge < -0.3 is 28.4 Å². The molecule has 0 atom stereocenters. The normalized spacial score (nSPS) is 11.0. The van der Waals surface area contributed by atoms with Crippen LogP contribution in [0.4, 0.5) is 0 Å². The third kappa shape index (κ3) is 7.74. The highest BCUT2D eigenvalue weighted by molar-refractivity contribution is 7.21. The van der Waals surface area contributed by atoms with Crippen LogP contribution in [0.15, 0.2) is 84.9 Å². The van der Waals surface area contributed by atoms with E-state index in [1.165, 1.54) is 32.1 Å². The van der Waals surface area contributed by atoms with Gasteiger partial charge in [-0.1, -0.05) is 24.3 Å². The second kappa shape index (κ2) is 15.1. The summed E-state index contributed by atoms with van der Waals surface area (Å²) in [5, 5.41) is 1.00. The summed E-state index contributed by atoms with van der Waals surface area (Å²) in [5.41, 5.74) is 3.30. The van der Waals surface area contributed by atoms with Gasteiger partial charge in [-0.3, -0.25) is 4.79 Å². The van der Waals surface area contributed by atoms with Crippen molar-refractivity contribution < 1.29 is 33.2 Å². The van der Waals surface area contributed by atoms with E-state index in [0.29, 0.717) is 47.5 Å². The molecular formula is C36H35NO7S. The smallest absolute Gasteiger partial charge is 0.203 e. The van der Waals surface area contributed by atoms with Crippen molar-refractivity contribution in [1.29, 1.82) is 0 Å². The maximum absolute atomic E-state index is 12.9. The van der Waals surface area contributed by atoms with Crippen LogP contribution in [-0.4, -0.2) is 52.4 Å². The zero-order valence-electron chi connectivity index (χ0n) is 25.7. The fourth-order valence-corrected chi connectivity index (χ4v) is 5.64. The number of aromatic nitrogens is 1. The number of benzene rings is 4. The van der Waals surface area contributed by atoms with Gasteiger partial charge in [-0.05, 0) is 85.1 Å². The first-order chi connectivity index (χ1) is 22.0. The van der Waals surface area contributed by atoms with Crippen molar-refractivity contribution in [3.8, 4) is 45.1 Å². The average Bonchev–Trinajstić information content (AvgIpc) is 3.52. The standard InChI is InChI=1S/C36H35NO7S/c1-39-30-18-12-24(11-17-29(38)26-22-32(40-2)35(42-4)33(23-26)41-3)21-31(30)44-20-8-7-19-43-27-15-13-25(14-16-27)36-37-28-9-5-6-10-34(28)45-36/h5-6,9-18,21-23H,7-8,19-20H2,1-4H3. The molecule has 0 spiro atoms. The third-order valence-corrected chi connectivity index (χ3v) is 8.11. The fraction of sp³-hybridized carbons (Fsp3) is 0.222. The number of carbonyl (C=O) groups is 1. The van der Waals surface area contributed by atoms with Crippen molar-refractivity contribution in [3.63, 3.8) is 0 Å². The molecule has 0 aliphatic rings. The van der Waals surface area contributed by atoms with Crippen molar-refractivity contribution in [1.82, 2.24) is 4.98 Å². The van der Waals surface area contributed by atoms with Crippen molar-refractivity contribution in [2.75, 3.05) is 41.7 Å². The van der Waals surface area contributed by atoms with Crippen LogP contribution in [0.3, 0.4) is 0 Å². The second-order valence-electron chi connectivity index (χ2n) is 9.94. The summed E-state index contributed by atoms with van der Waals surface area (Å²) in [6.07, 6.45) is 4.85. The number of carbonyl (C=O) groups excluding carboxylic acids is 1. The molecule has 0 saturated heterocycles. The van der Waals surface area contributed by atoms with Gasteiger partial charge in [0.15, 0.2) is 28.8 Å². The Balaban J connectivity index is 1.11. The second-order valence-corrected chi connectivity index (χ2v) is 11.0. The lowest BCUT2D eigenvalue weighted by Gasteiger charge is -2.13. The Labute approximate surface area is 266 Å². The minimum absolute atomic E-state index is 0.209. The molecule has 8 nitrogen and oxygen atoms in total. The lowest BCUT2D eigenvalue weighted by atomic mass is 10.1. The van der Waals surface area contributed by atoms with Crippen molar-refractivity contribution in [3.05, 3.63) is 96.1 Å². The number of rotatable bonds is 15. The maximum Gasteiger partial charge on any atom is 0.203 e. The summed E-state index contributed by atoms with van der Waals surface area (Å²) in [5.74, 6) is 3.09. The molecule has 0 aliphatic heterocycles. The van der Waals surface area contributed by atoms with Gasteiger partial charge in [-0.2, -0.15) is 0 Å². The van der Waals surface area contributed by atoms with Crippen molar-refractivity contribution >= 4 is 33.4 Å². The van der Waals surface area contributed by atoms with Gasteiger partial charge in [0, 0.05) is 11.1 Å². The van der Waals surface area contributed by atoms with Crippen LogP contribution in [0, 0.1) is 0 Å². The molecule has 5 aromatic rings. The minimum Gasteiger partial charge on any atom is -0.494 e. The van der Waals surface area contributed by atoms with Gasteiger partial charge in [-0.15, -0.1) is 11.3 Å². The number of nitrogens with zero attached hydrogens (tertiary/aromatic N) is 1. The molecule has 4 aromatic carbocycles. The SMILES string of the molecule is COc1ccc(C=CC(=O)c2cc(OC)c(OC)c(OC)c2)cc1OCCCCOc1ccc(-c2nc3ccccc3s2)cc1. The number of ether oxygens (including phenoxy) is 6. The van der Waals surface area contributed by atoms with Crippen LogP contribution >= 0.6 is 11.3 Å². The predicted octanol–water partition coefficient (Wildman–Crippen LogP) is 8.13. The highest BCUT2D eigenvalue weighted by atomic mass is 32.1. The number of hydrogen-bond donors (Lipinski definition) is 0. The molecule has 0 amide bonds. The molecule has 5 rings (SSSR count). The summed E-state index contributed by atoms with van der Waals surface area (Å²) in [6.45, 7) is 1.07. The predicted molar refractivity (Wildman–Crippen MR) is 178 cm³/mol. The third-order valence-electron chi connectivity index (χ3n) is 7.02. The number of para-hydroxylation sites is 1. The van der Waals surface area contributed by atoms with E-state index in [1.54, 1.807) is 36.7 Å². The molecule has 1 aromatic heterocycles. The topological polar surface area (TPSA) is 85.3 Å². The summed E-state index contributed by atoms with van der Waals surface area (Å²) < 4.78 is 34.7. The van der Waals surface area contributed by atoms with E-state index in [1.807, 2.05) is 60.7 Å². The first-order valence-corrected chi connectivity index (χ1v) is 15.3. The number of allylic oxidation sites excluding steroid dienone is 1. The van der Waals surface area contributed by atoms with Crippen LogP contribution in [0.2, 0.25) is 0 Å². The minimum atomic E-state index is -0.209. The van der Waals surface area contributed by atoms with Gasteiger partial charge in [0.2, 0.25) is 5.75 Å². The van der Waals surface area contributed by atoms with Gasteiger partial charge in [0.05, 0.1) is 51.9 Å². The van der Waals surface area contributed by atoms with E-state index < -0.39 is 0 Å². The number of hydrogen-bond acceptors (Lipinski definition) is 9. The fourth-order valence-electron chi connectivity index (χ4n) is 4.67. The highest BCUT2D eigenvalue weighted by Crippen LogP contribution is 2.38. The lowest BCUT2D eigenvalue weighted by molar-refractivity contribution is 0.104. The number of ketones is 1. The van der Waals surface area contributed by atoms with Crippen molar-refractivity contribution in [2.24, 2.45) is 0 Å². The summed E-state index contributed by atoms with van der Waals surface area (Å²) in [6, 6.07) is 25.0. The van der Waals surface area contributed by atoms with E-state index >= 15 is 0 Å². The molecule has 0 fully saturated rings.